The average molecular weight is 234 g/mol. The smallest absolute Gasteiger partial charge is 0.311 e. The van der Waals surface area contributed by atoms with Crippen molar-refractivity contribution in [1.29, 1.82) is 0 Å². The highest BCUT2D eigenvalue weighted by molar-refractivity contribution is 5.72. The highest BCUT2D eigenvalue weighted by Gasteiger charge is 2.31. The van der Waals surface area contributed by atoms with E-state index in [9.17, 15) is 4.79 Å². The van der Waals surface area contributed by atoms with Crippen LogP contribution in [0.2, 0.25) is 0 Å². The summed E-state index contributed by atoms with van der Waals surface area (Å²) < 4.78 is 19.4. The predicted molar refractivity (Wildman–Crippen MR) is 53.5 cm³/mol. The minimum Gasteiger partial charge on any atom is -0.438 e. The number of carbonyl (C=O) groups is 1. The molecule has 1 rings (SSSR count). The first-order chi connectivity index (χ1) is 7.77. The summed E-state index contributed by atoms with van der Waals surface area (Å²) in [5.74, 6) is -0.559. The van der Waals surface area contributed by atoms with E-state index < -0.39 is 6.79 Å². The lowest BCUT2D eigenvalue weighted by Gasteiger charge is -2.14. The van der Waals surface area contributed by atoms with Crippen molar-refractivity contribution in [3.63, 3.8) is 0 Å². The Bertz CT molecular complexity index is 203. The summed E-state index contributed by atoms with van der Waals surface area (Å²) in [4.78, 5) is 11.6. The molecule has 1 saturated heterocycles. The molecule has 6 nitrogen and oxygen atoms in total. The minimum atomic E-state index is -0.457. The second-order valence-corrected chi connectivity index (χ2v) is 3.58. The van der Waals surface area contributed by atoms with Gasteiger partial charge in [0.05, 0.1) is 18.6 Å². The molecule has 0 aromatic heterocycles. The van der Waals surface area contributed by atoms with E-state index in [4.69, 9.17) is 19.3 Å². The third kappa shape index (κ3) is 5.41. The first kappa shape index (κ1) is 13.4. The Hall–Kier alpha value is -0.690. The van der Waals surface area contributed by atoms with Crippen LogP contribution in [0.4, 0.5) is 0 Å². The molecule has 16 heavy (non-hydrogen) atoms. The van der Waals surface area contributed by atoms with Gasteiger partial charge in [-0.2, -0.15) is 0 Å². The molecule has 2 atom stereocenters. The largest absolute Gasteiger partial charge is 0.438 e. The Balaban J connectivity index is 2.24. The minimum absolute atomic E-state index is 0.174. The summed E-state index contributed by atoms with van der Waals surface area (Å²) in [7, 11) is 1.59. The Labute approximate surface area is 94.4 Å². The lowest BCUT2D eigenvalue weighted by Crippen LogP contribution is -2.22. The second-order valence-electron chi connectivity index (χ2n) is 3.58. The molecule has 94 valence electrons. The average Bonchev–Trinajstić information content (AvgIpc) is 3.08. The maximum Gasteiger partial charge on any atom is 0.311 e. The highest BCUT2D eigenvalue weighted by atomic mass is 16.7. The summed E-state index contributed by atoms with van der Waals surface area (Å²) in [6.45, 7) is 0.545. The number of methoxy groups -OCH3 is 1. The van der Waals surface area contributed by atoms with Gasteiger partial charge >= 0.3 is 5.97 Å². The summed E-state index contributed by atoms with van der Waals surface area (Å²) in [5.41, 5.74) is 0. The van der Waals surface area contributed by atoms with Gasteiger partial charge in [-0.15, -0.1) is 0 Å². The molecule has 1 aliphatic rings. The normalized spacial score (nSPS) is 20.5. The molecule has 0 spiro atoms. The Morgan fingerprint density at radius 2 is 2.38 bits per heavy atom. The summed E-state index contributed by atoms with van der Waals surface area (Å²) in [6.07, 6.45) is 1.43. The molecule has 1 fully saturated rings. The van der Waals surface area contributed by atoms with Gasteiger partial charge in [-0.25, -0.2) is 0 Å². The lowest BCUT2D eigenvalue weighted by molar-refractivity contribution is -0.169. The van der Waals surface area contributed by atoms with Crippen molar-refractivity contribution in [2.45, 2.75) is 18.9 Å². The predicted octanol–water partition coefficient (Wildman–Crippen LogP) is -0.105. The van der Waals surface area contributed by atoms with E-state index in [1.165, 1.54) is 0 Å². The summed E-state index contributed by atoms with van der Waals surface area (Å²) >= 11 is 0. The fourth-order valence-electron chi connectivity index (χ4n) is 1.37. The van der Waals surface area contributed by atoms with Crippen LogP contribution in [0.3, 0.4) is 0 Å². The van der Waals surface area contributed by atoms with Gasteiger partial charge in [0.1, 0.15) is 6.79 Å². The Morgan fingerprint density at radius 3 is 2.94 bits per heavy atom. The molecule has 0 aliphatic carbocycles. The van der Waals surface area contributed by atoms with Crippen molar-refractivity contribution in [1.82, 2.24) is 0 Å². The number of hydrogen-bond acceptors (Lipinski definition) is 6. The molecule has 0 bridgehead atoms. The number of aliphatic hydroxyl groups excluding tert-OH is 1. The van der Waals surface area contributed by atoms with Gasteiger partial charge in [-0.05, 0) is 12.8 Å². The number of aliphatic hydroxyl groups is 1. The van der Waals surface area contributed by atoms with Crippen LogP contribution in [-0.4, -0.2) is 51.1 Å². The molecule has 1 heterocycles. The van der Waals surface area contributed by atoms with Crippen LogP contribution in [0, 0.1) is 5.92 Å². The first-order valence-electron chi connectivity index (χ1n) is 5.23. The monoisotopic (exact) mass is 234 g/mol. The third-order valence-corrected chi connectivity index (χ3v) is 2.33. The van der Waals surface area contributed by atoms with Crippen molar-refractivity contribution >= 4 is 5.97 Å². The summed E-state index contributed by atoms with van der Waals surface area (Å²) in [5, 5.41) is 8.36. The fourth-order valence-corrected chi connectivity index (χ4v) is 1.37. The quantitative estimate of drug-likeness (QED) is 0.260. The topological polar surface area (TPSA) is 77.5 Å². The zero-order valence-electron chi connectivity index (χ0n) is 9.39. The van der Waals surface area contributed by atoms with Gasteiger partial charge < -0.3 is 24.1 Å². The van der Waals surface area contributed by atoms with Gasteiger partial charge in [0.15, 0.2) is 6.79 Å². The molecule has 1 aliphatic heterocycles. The van der Waals surface area contributed by atoms with Crippen molar-refractivity contribution in [3.05, 3.63) is 0 Å². The fraction of sp³-hybridized carbons (Fsp3) is 0.900. The number of hydrogen-bond donors (Lipinski definition) is 1. The zero-order valence-corrected chi connectivity index (χ0v) is 9.39. The van der Waals surface area contributed by atoms with Crippen molar-refractivity contribution in [3.8, 4) is 0 Å². The van der Waals surface area contributed by atoms with Crippen LogP contribution in [0.15, 0.2) is 0 Å². The number of esters is 1. The number of carbonyl (C=O) groups excluding carboxylic acids is 1. The number of ether oxygens (including phenoxy) is 4. The molecule has 0 aromatic rings. The van der Waals surface area contributed by atoms with E-state index in [2.05, 4.69) is 4.74 Å². The lowest BCUT2D eigenvalue weighted by atomic mass is 10.0. The molecule has 1 N–H and O–H groups in total. The number of rotatable bonds is 9. The van der Waals surface area contributed by atoms with Crippen LogP contribution in [0.25, 0.3) is 0 Å². The van der Waals surface area contributed by atoms with E-state index in [0.717, 1.165) is 0 Å². The van der Waals surface area contributed by atoms with E-state index in [1.807, 2.05) is 0 Å². The third-order valence-electron chi connectivity index (χ3n) is 2.33. The summed E-state index contributed by atoms with van der Waals surface area (Å²) in [6, 6.07) is 0. The van der Waals surface area contributed by atoms with E-state index in [-0.39, 0.29) is 24.8 Å². The van der Waals surface area contributed by atoms with Gasteiger partial charge in [0, 0.05) is 13.7 Å². The second kappa shape index (κ2) is 7.56. The van der Waals surface area contributed by atoms with E-state index >= 15 is 0 Å². The molecular weight excluding hydrogens is 216 g/mol. The molecule has 6 heteroatoms. The standard InChI is InChI=1S/C10H18O6/c1-13-3-2-8(4-9-5-15-9)10(12)16-7-14-6-11/h8-9,11H,2-7H2,1H3. The first-order valence-corrected chi connectivity index (χ1v) is 5.23. The van der Waals surface area contributed by atoms with E-state index in [1.54, 1.807) is 7.11 Å². The SMILES string of the molecule is COCCC(CC1CO1)C(=O)OCOCO. The zero-order chi connectivity index (χ0) is 11.8. The molecular formula is C10H18O6. The van der Waals surface area contributed by atoms with Gasteiger partial charge in [-0.1, -0.05) is 0 Å². The van der Waals surface area contributed by atoms with Crippen LogP contribution >= 0.6 is 0 Å². The molecule has 0 aromatic carbocycles. The van der Waals surface area contributed by atoms with Crippen LogP contribution in [0.5, 0.6) is 0 Å². The van der Waals surface area contributed by atoms with Crippen LogP contribution in [-0.2, 0) is 23.7 Å². The van der Waals surface area contributed by atoms with E-state index in [0.29, 0.717) is 26.1 Å². The molecule has 0 radical (unpaired) electrons. The molecule has 0 saturated carbocycles. The highest BCUT2D eigenvalue weighted by Crippen LogP contribution is 2.22. The van der Waals surface area contributed by atoms with Crippen molar-refractivity contribution in [2.24, 2.45) is 5.92 Å². The van der Waals surface area contributed by atoms with Crippen molar-refractivity contribution < 1.29 is 28.8 Å². The Kier molecular flexibility index (Phi) is 6.32. The van der Waals surface area contributed by atoms with Gasteiger partial charge in [-0.3, -0.25) is 4.79 Å². The van der Waals surface area contributed by atoms with Crippen LogP contribution in [0.1, 0.15) is 12.8 Å². The Morgan fingerprint density at radius 1 is 1.62 bits per heavy atom. The maximum absolute atomic E-state index is 11.6. The molecule has 0 amide bonds. The van der Waals surface area contributed by atoms with Gasteiger partial charge in [0.2, 0.25) is 0 Å². The van der Waals surface area contributed by atoms with Gasteiger partial charge in [0.25, 0.3) is 0 Å². The maximum atomic E-state index is 11.6. The molecule has 2 unspecified atom stereocenters. The number of epoxide rings is 1. The van der Waals surface area contributed by atoms with Crippen molar-refractivity contribution in [2.75, 3.05) is 33.9 Å². The van der Waals surface area contributed by atoms with Crippen LogP contribution < -0.4 is 0 Å².